The summed E-state index contributed by atoms with van der Waals surface area (Å²) in [4.78, 5) is 14.6. The standard InChI is InChI=1S/C15H28N2O2/c1-3-14-10-19-11(2)9-17(14)15(18)8-12-5-4-6-13(16)7-12/h11-14H,3-10,16H2,1-2H3. The Kier molecular flexibility index (Phi) is 5.22. The summed E-state index contributed by atoms with van der Waals surface area (Å²) in [6, 6.07) is 0.568. The predicted molar refractivity (Wildman–Crippen MR) is 75.8 cm³/mol. The van der Waals surface area contributed by atoms with Crippen molar-refractivity contribution in [1.82, 2.24) is 4.90 Å². The van der Waals surface area contributed by atoms with Gasteiger partial charge in [0, 0.05) is 19.0 Å². The summed E-state index contributed by atoms with van der Waals surface area (Å²) in [5.41, 5.74) is 6.01. The SMILES string of the molecule is CCC1COC(C)CN1C(=O)CC1CCCC(N)C1. The molecule has 4 atom stereocenters. The van der Waals surface area contributed by atoms with Crippen LogP contribution >= 0.6 is 0 Å². The van der Waals surface area contributed by atoms with Crippen LogP contribution in [-0.4, -0.2) is 42.1 Å². The number of rotatable bonds is 3. The van der Waals surface area contributed by atoms with Crippen molar-refractivity contribution in [1.29, 1.82) is 0 Å². The predicted octanol–water partition coefficient (Wildman–Crippen LogP) is 1.92. The van der Waals surface area contributed by atoms with Crippen molar-refractivity contribution in [3.63, 3.8) is 0 Å². The molecule has 1 aliphatic carbocycles. The van der Waals surface area contributed by atoms with Crippen LogP contribution in [0.1, 0.15) is 52.4 Å². The summed E-state index contributed by atoms with van der Waals surface area (Å²) in [5.74, 6) is 0.799. The third kappa shape index (κ3) is 3.93. The van der Waals surface area contributed by atoms with Gasteiger partial charge in [0.2, 0.25) is 5.91 Å². The van der Waals surface area contributed by atoms with Crippen LogP contribution in [0.4, 0.5) is 0 Å². The van der Waals surface area contributed by atoms with E-state index in [1.807, 2.05) is 11.8 Å². The van der Waals surface area contributed by atoms with Crippen LogP contribution < -0.4 is 5.73 Å². The molecular formula is C15H28N2O2. The number of ether oxygens (including phenoxy) is 1. The van der Waals surface area contributed by atoms with Gasteiger partial charge in [0.05, 0.1) is 18.8 Å². The fourth-order valence-electron chi connectivity index (χ4n) is 3.37. The Hall–Kier alpha value is -0.610. The maximum absolute atomic E-state index is 12.5. The van der Waals surface area contributed by atoms with E-state index in [9.17, 15) is 4.79 Å². The lowest BCUT2D eigenvalue weighted by molar-refractivity contribution is -0.145. The summed E-state index contributed by atoms with van der Waals surface area (Å²) in [7, 11) is 0. The third-order valence-corrected chi connectivity index (χ3v) is 4.55. The lowest BCUT2D eigenvalue weighted by Crippen LogP contribution is -2.51. The van der Waals surface area contributed by atoms with Gasteiger partial charge in [-0.1, -0.05) is 13.3 Å². The fraction of sp³-hybridized carbons (Fsp3) is 0.933. The summed E-state index contributed by atoms with van der Waals surface area (Å²) in [6.45, 7) is 5.60. The van der Waals surface area contributed by atoms with E-state index in [0.717, 1.165) is 32.2 Å². The van der Waals surface area contributed by atoms with Crippen LogP contribution in [0.25, 0.3) is 0 Å². The minimum absolute atomic E-state index is 0.167. The molecule has 110 valence electrons. The molecular weight excluding hydrogens is 240 g/mol. The summed E-state index contributed by atoms with van der Waals surface area (Å²) in [5, 5.41) is 0. The molecule has 2 N–H and O–H groups in total. The first-order valence-corrected chi connectivity index (χ1v) is 7.76. The molecule has 0 aromatic rings. The second-order valence-corrected chi connectivity index (χ2v) is 6.25. The Labute approximate surface area is 116 Å². The highest BCUT2D eigenvalue weighted by atomic mass is 16.5. The summed E-state index contributed by atoms with van der Waals surface area (Å²) >= 11 is 0. The third-order valence-electron chi connectivity index (χ3n) is 4.55. The molecule has 0 radical (unpaired) electrons. The maximum atomic E-state index is 12.5. The van der Waals surface area contributed by atoms with Crippen LogP contribution in [0.15, 0.2) is 0 Å². The number of carbonyl (C=O) groups excluding carboxylic acids is 1. The van der Waals surface area contributed by atoms with E-state index in [0.29, 0.717) is 30.9 Å². The van der Waals surface area contributed by atoms with E-state index in [-0.39, 0.29) is 12.1 Å². The molecule has 1 saturated heterocycles. The highest BCUT2D eigenvalue weighted by molar-refractivity contribution is 5.77. The van der Waals surface area contributed by atoms with Crippen LogP contribution in [0, 0.1) is 5.92 Å². The minimum Gasteiger partial charge on any atom is -0.375 e. The van der Waals surface area contributed by atoms with Crippen molar-refractivity contribution in [2.45, 2.75) is 70.6 Å². The van der Waals surface area contributed by atoms with Gasteiger partial charge in [0.15, 0.2) is 0 Å². The van der Waals surface area contributed by atoms with Gasteiger partial charge in [-0.25, -0.2) is 0 Å². The number of nitrogens with zero attached hydrogens (tertiary/aromatic N) is 1. The van der Waals surface area contributed by atoms with E-state index in [2.05, 4.69) is 6.92 Å². The van der Waals surface area contributed by atoms with E-state index in [1.165, 1.54) is 6.42 Å². The monoisotopic (exact) mass is 268 g/mol. The van der Waals surface area contributed by atoms with Crippen LogP contribution in [0.3, 0.4) is 0 Å². The fourth-order valence-corrected chi connectivity index (χ4v) is 3.37. The van der Waals surface area contributed by atoms with Gasteiger partial charge in [0.1, 0.15) is 0 Å². The smallest absolute Gasteiger partial charge is 0.223 e. The van der Waals surface area contributed by atoms with Crippen molar-refractivity contribution >= 4 is 5.91 Å². The summed E-state index contributed by atoms with van der Waals surface area (Å²) in [6.07, 6.45) is 6.30. The molecule has 1 heterocycles. The Morgan fingerprint density at radius 1 is 1.42 bits per heavy atom. The molecule has 0 spiro atoms. The van der Waals surface area contributed by atoms with Gasteiger partial charge < -0.3 is 15.4 Å². The first kappa shape index (κ1) is 14.8. The summed E-state index contributed by atoms with van der Waals surface area (Å²) < 4.78 is 5.65. The van der Waals surface area contributed by atoms with Gasteiger partial charge in [0.25, 0.3) is 0 Å². The zero-order valence-corrected chi connectivity index (χ0v) is 12.3. The second kappa shape index (κ2) is 6.71. The number of morpholine rings is 1. The first-order chi connectivity index (χ1) is 9.10. The van der Waals surface area contributed by atoms with Crippen molar-refractivity contribution < 1.29 is 9.53 Å². The van der Waals surface area contributed by atoms with Gasteiger partial charge >= 0.3 is 0 Å². The van der Waals surface area contributed by atoms with E-state index < -0.39 is 0 Å². The molecule has 1 saturated carbocycles. The zero-order valence-electron chi connectivity index (χ0n) is 12.3. The molecule has 0 aromatic carbocycles. The van der Waals surface area contributed by atoms with Gasteiger partial charge in [-0.05, 0) is 38.5 Å². The quantitative estimate of drug-likeness (QED) is 0.851. The number of hydrogen-bond donors (Lipinski definition) is 1. The van der Waals surface area contributed by atoms with Crippen LogP contribution in [-0.2, 0) is 9.53 Å². The molecule has 19 heavy (non-hydrogen) atoms. The average molecular weight is 268 g/mol. The molecule has 0 aromatic heterocycles. The van der Waals surface area contributed by atoms with Gasteiger partial charge in [-0.15, -0.1) is 0 Å². The van der Waals surface area contributed by atoms with Crippen molar-refractivity contribution in [2.75, 3.05) is 13.2 Å². The Morgan fingerprint density at radius 3 is 2.89 bits per heavy atom. The highest BCUT2D eigenvalue weighted by Gasteiger charge is 2.31. The average Bonchev–Trinajstić information content (AvgIpc) is 2.38. The molecule has 2 rings (SSSR count). The molecule has 4 nitrogen and oxygen atoms in total. The zero-order chi connectivity index (χ0) is 13.8. The lowest BCUT2D eigenvalue weighted by Gasteiger charge is -2.39. The van der Waals surface area contributed by atoms with Crippen molar-refractivity contribution in [3.05, 3.63) is 0 Å². The number of nitrogens with two attached hydrogens (primary N) is 1. The molecule has 4 unspecified atom stereocenters. The van der Waals surface area contributed by atoms with Crippen LogP contribution in [0.5, 0.6) is 0 Å². The van der Waals surface area contributed by atoms with Gasteiger partial charge in [-0.3, -0.25) is 4.79 Å². The molecule has 4 heteroatoms. The first-order valence-electron chi connectivity index (χ1n) is 7.76. The van der Waals surface area contributed by atoms with E-state index in [1.54, 1.807) is 0 Å². The molecule has 2 fully saturated rings. The maximum Gasteiger partial charge on any atom is 0.223 e. The normalized spacial score (nSPS) is 36.3. The topological polar surface area (TPSA) is 55.6 Å². The Bertz CT molecular complexity index is 309. The lowest BCUT2D eigenvalue weighted by atomic mass is 9.84. The van der Waals surface area contributed by atoms with E-state index >= 15 is 0 Å². The number of hydrogen-bond acceptors (Lipinski definition) is 3. The Balaban J connectivity index is 1.89. The van der Waals surface area contributed by atoms with Crippen molar-refractivity contribution in [2.24, 2.45) is 11.7 Å². The molecule has 0 bridgehead atoms. The molecule has 1 aliphatic heterocycles. The molecule has 2 aliphatic rings. The van der Waals surface area contributed by atoms with Crippen molar-refractivity contribution in [3.8, 4) is 0 Å². The number of amides is 1. The number of carbonyl (C=O) groups is 1. The van der Waals surface area contributed by atoms with E-state index in [4.69, 9.17) is 10.5 Å². The Morgan fingerprint density at radius 2 is 2.21 bits per heavy atom. The highest BCUT2D eigenvalue weighted by Crippen LogP contribution is 2.27. The minimum atomic E-state index is 0.167. The second-order valence-electron chi connectivity index (χ2n) is 6.25. The molecule has 1 amide bonds. The largest absolute Gasteiger partial charge is 0.375 e. The van der Waals surface area contributed by atoms with Gasteiger partial charge in [-0.2, -0.15) is 0 Å². The van der Waals surface area contributed by atoms with Crippen LogP contribution in [0.2, 0.25) is 0 Å².